The van der Waals surface area contributed by atoms with Crippen LogP contribution in [0.2, 0.25) is 0 Å². The quantitative estimate of drug-likeness (QED) is 0.381. The average molecular weight is 372 g/mol. The van der Waals surface area contributed by atoms with Crippen LogP contribution >= 0.6 is 0 Å². The van der Waals surface area contributed by atoms with E-state index in [1.165, 1.54) is 6.08 Å². The van der Waals surface area contributed by atoms with E-state index in [-0.39, 0.29) is 6.61 Å². The molecule has 0 aliphatic heterocycles. The largest absolute Gasteiger partial charge is 0.497 e. The molecule has 0 aliphatic rings. The molecule has 2 heterocycles. The van der Waals surface area contributed by atoms with Crippen LogP contribution in [-0.4, -0.2) is 22.5 Å². The number of ether oxygens (including phenoxy) is 2. The number of esters is 1. The van der Waals surface area contributed by atoms with E-state index in [1.54, 1.807) is 13.2 Å². The van der Waals surface area contributed by atoms with Crippen molar-refractivity contribution >= 4 is 28.5 Å². The van der Waals surface area contributed by atoms with E-state index in [9.17, 15) is 4.79 Å². The third-order valence-corrected chi connectivity index (χ3v) is 4.49. The SMILES string of the molecule is COc1ccc2cc(/C=C/C(=O)OCc3cn4cc(C)ccc4n3)ccc2c1. The summed E-state index contributed by atoms with van der Waals surface area (Å²) in [4.78, 5) is 16.5. The van der Waals surface area contributed by atoms with Gasteiger partial charge in [-0.25, -0.2) is 9.78 Å². The molecule has 2 aromatic heterocycles. The number of aromatic nitrogens is 2. The van der Waals surface area contributed by atoms with Gasteiger partial charge in [0.25, 0.3) is 0 Å². The first-order valence-corrected chi connectivity index (χ1v) is 8.97. The molecule has 0 saturated heterocycles. The molecule has 0 amide bonds. The van der Waals surface area contributed by atoms with E-state index in [0.717, 1.165) is 33.3 Å². The minimum Gasteiger partial charge on any atom is -0.497 e. The highest BCUT2D eigenvalue weighted by molar-refractivity contribution is 5.90. The predicted molar refractivity (Wildman–Crippen MR) is 109 cm³/mol. The number of benzene rings is 2. The fourth-order valence-corrected chi connectivity index (χ4v) is 3.06. The van der Waals surface area contributed by atoms with Gasteiger partial charge >= 0.3 is 5.97 Å². The Morgan fingerprint density at radius 3 is 2.75 bits per heavy atom. The minimum absolute atomic E-state index is 0.140. The van der Waals surface area contributed by atoms with Crippen LogP contribution in [0.25, 0.3) is 22.5 Å². The van der Waals surface area contributed by atoms with Gasteiger partial charge in [0, 0.05) is 18.5 Å². The Bertz CT molecular complexity index is 1190. The maximum atomic E-state index is 12.0. The maximum absolute atomic E-state index is 12.0. The number of pyridine rings is 1. The molecule has 0 saturated carbocycles. The first-order chi connectivity index (χ1) is 13.6. The number of imidazole rings is 1. The molecule has 0 spiro atoms. The van der Waals surface area contributed by atoms with Gasteiger partial charge in [0.1, 0.15) is 18.0 Å². The lowest BCUT2D eigenvalue weighted by molar-refractivity contribution is -0.139. The Balaban J connectivity index is 1.41. The van der Waals surface area contributed by atoms with Crippen LogP contribution in [0.4, 0.5) is 0 Å². The number of carbonyl (C=O) groups excluding carboxylic acids is 1. The van der Waals surface area contributed by atoms with Crippen molar-refractivity contribution in [3.05, 3.63) is 83.8 Å². The van der Waals surface area contributed by atoms with E-state index >= 15 is 0 Å². The summed E-state index contributed by atoms with van der Waals surface area (Å²) in [6.45, 7) is 2.16. The first kappa shape index (κ1) is 17.8. The Labute approximate surface area is 162 Å². The van der Waals surface area contributed by atoms with Gasteiger partial charge in [-0.1, -0.05) is 24.3 Å². The van der Waals surface area contributed by atoms with Crippen LogP contribution in [-0.2, 0) is 16.1 Å². The van der Waals surface area contributed by atoms with Gasteiger partial charge < -0.3 is 13.9 Å². The summed E-state index contributed by atoms with van der Waals surface area (Å²) in [5, 5.41) is 2.16. The summed E-state index contributed by atoms with van der Waals surface area (Å²) >= 11 is 0. The Kier molecular flexibility index (Phi) is 4.81. The van der Waals surface area contributed by atoms with Crippen molar-refractivity contribution in [2.24, 2.45) is 0 Å². The Morgan fingerprint density at radius 1 is 1.07 bits per heavy atom. The number of nitrogens with zero attached hydrogens (tertiary/aromatic N) is 2. The molecule has 140 valence electrons. The van der Waals surface area contributed by atoms with Crippen molar-refractivity contribution in [2.75, 3.05) is 7.11 Å². The van der Waals surface area contributed by atoms with Gasteiger partial charge in [0.15, 0.2) is 0 Å². The first-order valence-electron chi connectivity index (χ1n) is 8.97. The molecular formula is C23H20N2O3. The number of hydrogen-bond acceptors (Lipinski definition) is 4. The van der Waals surface area contributed by atoms with Crippen LogP contribution in [0.3, 0.4) is 0 Å². The third-order valence-electron chi connectivity index (χ3n) is 4.49. The van der Waals surface area contributed by atoms with Gasteiger partial charge in [-0.2, -0.15) is 0 Å². The number of carbonyl (C=O) groups is 1. The highest BCUT2D eigenvalue weighted by Gasteiger charge is 2.05. The van der Waals surface area contributed by atoms with Crippen LogP contribution in [0.15, 0.2) is 67.0 Å². The standard InChI is InChI=1S/C23H20N2O3/c1-16-3-9-22-24-20(14-25(22)13-16)15-28-23(26)10-5-17-4-6-19-12-21(27-2)8-7-18(19)11-17/h3-14H,15H2,1-2H3/b10-5+. The molecule has 5 nitrogen and oxygen atoms in total. The molecule has 4 rings (SSSR count). The summed E-state index contributed by atoms with van der Waals surface area (Å²) in [6.07, 6.45) is 7.05. The second kappa shape index (κ2) is 7.56. The molecule has 0 bridgehead atoms. The summed E-state index contributed by atoms with van der Waals surface area (Å²) < 4.78 is 12.5. The fraction of sp³-hybridized carbons (Fsp3) is 0.130. The van der Waals surface area contributed by atoms with Crippen LogP contribution < -0.4 is 4.74 Å². The van der Waals surface area contributed by atoms with Gasteiger partial charge in [0.05, 0.1) is 12.8 Å². The zero-order valence-electron chi connectivity index (χ0n) is 15.8. The molecule has 2 aromatic carbocycles. The van der Waals surface area contributed by atoms with Crippen LogP contribution in [0.5, 0.6) is 5.75 Å². The van der Waals surface area contributed by atoms with Crippen LogP contribution in [0, 0.1) is 6.92 Å². The molecule has 0 aliphatic carbocycles. The molecule has 0 radical (unpaired) electrons. The van der Waals surface area contributed by atoms with Crippen molar-refractivity contribution in [1.82, 2.24) is 9.38 Å². The van der Waals surface area contributed by atoms with Gasteiger partial charge in [-0.05, 0) is 59.2 Å². The number of methoxy groups -OCH3 is 1. The van der Waals surface area contributed by atoms with Crippen molar-refractivity contribution in [1.29, 1.82) is 0 Å². The monoisotopic (exact) mass is 372 g/mol. The zero-order chi connectivity index (χ0) is 19.5. The van der Waals surface area contributed by atoms with Crippen molar-refractivity contribution in [3.8, 4) is 5.75 Å². The molecule has 5 heteroatoms. The molecule has 0 N–H and O–H groups in total. The fourth-order valence-electron chi connectivity index (χ4n) is 3.06. The number of rotatable bonds is 5. The summed E-state index contributed by atoms with van der Waals surface area (Å²) in [5.74, 6) is 0.421. The normalized spacial score (nSPS) is 11.4. The molecule has 0 atom stereocenters. The zero-order valence-corrected chi connectivity index (χ0v) is 15.8. The number of hydrogen-bond donors (Lipinski definition) is 0. The van der Waals surface area contributed by atoms with E-state index in [1.807, 2.05) is 72.2 Å². The lowest BCUT2D eigenvalue weighted by Gasteiger charge is -2.03. The van der Waals surface area contributed by atoms with Gasteiger partial charge in [0.2, 0.25) is 0 Å². The maximum Gasteiger partial charge on any atom is 0.331 e. The lowest BCUT2D eigenvalue weighted by Crippen LogP contribution is -2.00. The number of aryl methyl sites for hydroxylation is 1. The highest BCUT2D eigenvalue weighted by atomic mass is 16.5. The van der Waals surface area contributed by atoms with Crippen LogP contribution in [0.1, 0.15) is 16.8 Å². The second-order valence-electron chi connectivity index (χ2n) is 6.62. The Morgan fingerprint density at radius 2 is 1.89 bits per heavy atom. The second-order valence-corrected chi connectivity index (χ2v) is 6.62. The minimum atomic E-state index is -0.400. The smallest absolute Gasteiger partial charge is 0.331 e. The molecule has 28 heavy (non-hydrogen) atoms. The molecule has 0 fully saturated rings. The summed E-state index contributed by atoms with van der Waals surface area (Å²) in [7, 11) is 1.65. The van der Waals surface area contributed by atoms with Crippen molar-refractivity contribution in [3.63, 3.8) is 0 Å². The van der Waals surface area contributed by atoms with E-state index < -0.39 is 5.97 Å². The van der Waals surface area contributed by atoms with Crippen molar-refractivity contribution in [2.45, 2.75) is 13.5 Å². The van der Waals surface area contributed by atoms with E-state index in [0.29, 0.717) is 5.69 Å². The topological polar surface area (TPSA) is 52.8 Å². The summed E-state index contributed by atoms with van der Waals surface area (Å²) in [5.41, 5.74) is 3.62. The summed E-state index contributed by atoms with van der Waals surface area (Å²) in [6, 6.07) is 15.8. The highest BCUT2D eigenvalue weighted by Crippen LogP contribution is 2.22. The van der Waals surface area contributed by atoms with E-state index in [2.05, 4.69) is 4.98 Å². The van der Waals surface area contributed by atoms with Gasteiger partial charge in [-0.15, -0.1) is 0 Å². The molecule has 4 aromatic rings. The molecule has 0 unspecified atom stereocenters. The van der Waals surface area contributed by atoms with Crippen molar-refractivity contribution < 1.29 is 14.3 Å². The third kappa shape index (κ3) is 3.88. The van der Waals surface area contributed by atoms with Gasteiger partial charge in [-0.3, -0.25) is 0 Å². The van der Waals surface area contributed by atoms with E-state index in [4.69, 9.17) is 9.47 Å². The predicted octanol–water partition coefficient (Wildman–Crippen LogP) is 4.56. The lowest BCUT2D eigenvalue weighted by atomic mass is 10.1. The Hall–Kier alpha value is -3.60. The molecular weight excluding hydrogens is 352 g/mol. The number of fused-ring (bicyclic) bond motifs is 2. The average Bonchev–Trinajstić information content (AvgIpc) is 3.12.